The highest BCUT2D eigenvalue weighted by Crippen LogP contribution is 2.14. The fourth-order valence-electron chi connectivity index (χ4n) is 4.08. The molecule has 8 heteroatoms. The average molecular weight is 421 g/mol. The molecule has 3 heterocycles. The minimum atomic E-state index is -0.382. The number of piperidine rings is 1. The molecule has 1 saturated heterocycles. The van der Waals surface area contributed by atoms with Crippen molar-refractivity contribution < 1.29 is 4.79 Å². The van der Waals surface area contributed by atoms with Crippen molar-refractivity contribution in [3.05, 3.63) is 58.0 Å². The zero-order valence-corrected chi connectivity index (χ0v) is 18.3. The normalized spacial score (nSPS) is 15.1. The maximum absolute atomic E-state index is 13.0. The number of para-hydroxylation sites is 1. The first kappa shape index (κ1) is 21.0. The summed E-state index contributed by atoms with van der Waals surface area (Å²) in [6.45, 7) is 7.40. The maximum atomic E-state index is 13.0. The van der Waals surface area contributed by atoms with Crippen LogP contribution in [0.15, 0.2) is 35.1 Å². The van der Waals surface area contributed by atoms with Crippen LogP contribution in [-0.2, 0) is 11.3 Å². The van der Waals surface area contributed by atoms with Gasteiger partial charge in [-0.2, -0.15) is 0 Å². The van der Waals surface area contributed by atoms with Crippen LogP contribution in [0, 0.1) is 13.8 Å². The Labute approximate surface area is 181 Å². The van der Waals surface area contributed by atoms with Crippen LogP contribution in [0.5, 0.6) is 0 Å². The molecule has 1 N–H and O–H groups in total. The standard InChI is InChI=1S/C23H28N6O2/c1-15(22(30)28-11-7-4-8-12-28)24-21-13-18(25-16(2)26-21)14-29-17(3)27-20-10-6-5-9-19(20)23(29)31/h5-6,9-10,13,15H,4,7-8,11-12,14H2,1-3H3,(H,24,25,26)/t15-/m1/s1. The van der Waals surface area contributed by atoms with Crippen molar-refractivity contribution in [1.82, 2.24) is 24.4 Å². The number of carbonyl (C=O) groups is 1. The Kier molecular flexibility index (Phi) is 5.97. The third-order valence-electron chi connectivity index (χ3n) is 5.67. The number of nitrogens with zero attached hydrogens (tertiary/aromatic N) is 5. The predicted molar refractivity (Wildman–Crippen MR) is 120 cm³/mol. The number of aryl methyl sites for hydroxylation is 2. The molecule has 1 fully saturated rings. The molecule has 1 aliphatic rings. The Morgan fingerprint density at radius 3 is 2.61 bits per heavy atom. The monoisotopic (exact) mass is 420 g/mol. The van der Waals surface area contributed by atoms with Gasteiger partial charge in [0.15, 0.2) is 0 Å². The molecule has 0 unspecified atom stereocenters. The Morgan fingerprint density at radius 1 is 1.10 bits per heavy atom. The number of rotatable bonds is 5. The number of nitrogens with one attached hydrogen (secondary N) is 1. The van der Waals surface area contributed by atoms with E-state index in [0.717, 1.165) is 25.9 Å². The van der Waals surface area contributed by atoms with Crippen molar-refractivity contribution in [3.8, 4) is 0 Å². The van der Waals surface area contributed by atoms with E-state index in [1.165, 1.54) is 6.42 Å². The van der Waals surface area contributed by atoms with E-state index in [0.29, 0.717) is 34.1 Å². The summed E-state index contributed by atoms with van der Waals surface area (Å²) >= 11 is 0. The molecule has 0 saturated carbocycles. The van der Waals surface area contributed by atoms with Crippen molar-refractivity contribution in [2.24, 2.45) is 0 Å². The van der Waals surface area contributed by atoms with Crippen LogP contribution in [0.4, 0.5) is 5.82 Å². The Morgan fingerprint density at radius 2 is 1.84 bits per heavy atom. The fraction of sp³-hybridized carbons (Fsp3) is 0.435. The molecular formula is C23H28N6O2. The molecule has 4 rings (SSSR count). The quantitative estimate of drug-likeness (QED) is 0.682. The molecule has 2 aromatic heterocycles. The molecule has 0 spiro atoms. The molecule has 162 valence electrons. The molecule has 0 bridgehead atoms. The molecule has 1 atom stereocenters. The number of carbonyl (C=O) groups excluding carboxylic acids is 1. The van der Waals surface area contributed by atoms with Crippen LogP contribution in [0.3, 0.4) is 0 Å². The van der Waals surface area contributed by atoms with Gasteiger partial charge in [-0.15, -0.1) is 0 Å². The lowest BCUT2D eigenvalue weighted by Gasteiger charge is -2.29. The lowest BCUT2D eigenvalue weighted by molar-refractivity contribution is -0.132. The van der Waals surface area contributed by atoms with Gasteiger partial charge in [0.2, 0.25) is 5.91 Å². The minimum absolute atomic E-state index is 0.0864. The molecule has 8 nitrogen and oxygen atoms in total. The summed E-state index contributed by atoms with van der Waals surface area (Å²) in [7, 11) is 0. The van der Waals surface area contributed by atoms with Gasteiger partial charge in [-0.25, -0.2) is 15.0 Å². The van der Waals surface area contributed by atoms with Crippen LogP contribution < -0.4 is 10.9 Å². The minimum Gasteiger partial charge on any atom is -0.359 e. The largest absolute Gasteiger partial charge is 0.359 e. The van der Waals surface area contributed by atoms with Crippen LogP contribution in [0.2, 0.25) is 0 Å². The number of aromatic nitrogens is 4. The highest BCUT2D eigenvalue weighted by atomic mass is 16.2. The second-order valence-electron chi connectivity index (χ2n) is 8.11. The van der Waals surface area contributed by atoms with Gasteiger partial charge in [0, 0.05) is 19.2 Å². The molecule has 0 radical (unpaired) electrons. The van der Waals surface area contributed by atoms with Crippen molar-refractivity contribution >= 4 is 22.6 Å². The lowest BCUT2D eigenvalue weighted by atomic mass is 10.1. The SMILES string of the molecule is Cc1nc(Cn2c(C)nc3ccccc3c2=O)cc(N[C@H](C)C(=O)N2CCCCC2)n1. The summed E-state index contributed by atoms with van der Waals surface area (Å²) in [4.78, 5) is 41.1. The van der Waals surface area contributed by atoms with E-state index in [4.69, 9.17) is 0 Å². The summed E-state index contributed by atoms with van der Waals surface area (Å²) in [5, 5.41) is 3.80. The van der Waals surface area contributed by atoms with Crippen molar-refractivity contribution in [1.29, 1.82) is 0 Å². The van der Waals surface area contributed by atoms with Crippen LogP contribution >= 0.6 is 0 Å². The van der Waals surface area contributed by atoms with Crippen molar-refractivity contribution in [2.45, 2.75) is 52.6 Å². The Balaban J connectivity index is 1.56. The summed E-state index contributed by atoms with van der Waals surface area (Å²) in [6.07, 6.45) is 3.30. The highest BCUT2D eigenvalue weighted by Gasteiger charge is 2.22. The van der Waals surface area contributed by atoms with Gasteiger partial charge in [-0.3, -0.25) is 14.2 Å². The fourth-order valence-corrected chi connectivity index (χ4v) is 4.08. The molecule has 1 aliphatic heterocycles. The third-order valence-corrected chi connectivity index (χ3v) is 5.67. The van der Waals surface area contributed by atoms with Gasteiger partial charge in [0.1, 0.15) is 23.5 Å². The number of hydrogen-bond donors (Lipinski definition) is 1. The van der Waals surface area contributed by atoms with Gasteiger partial charge in [-0.1, -0.05) is 12.1 Å². The average Bonchev–Trinajstić information content (AvgIpc) is 2.76. The topological polar surface area (TPSA) is 93.0 Å². The predicted octanol–water partition coefficient (Wildman–Crippen LogP) is 2.66. The van der Waals surface area contributed by atoms with E-state index in [9.17, 15) is 9.59 Å². The Hall–Kier alpha value is -3.29. The van der Waals surface area contributed by atoms with E-state index in [1.54, 1.807) is 23.6 Å². The summed E-state index contributed by atoms with van der Waals surface area (Å²) in [5.41, 5.74) is 1.28. The smallest absolute Gasteiger partial charge is 0.261 e. The van der Waals surface area contributed by atoms with Gasteiger partial charge < -0.3 is 10.2 Å². The summed E-state index contributed by atoms with van der Waals surface area (Å²) in [5.74, 6) is 1.88. The van der Waals surface area contributed by atoms with Gasteiger partial charge in [-0.05, 0) is 52.2 Å². The highest BCUT2D eigenvalue weighted by molar-refractivity contribution is 5.84. The summed E-state index contributed by atoms with van der Waals surface area (Å²) in [6, 6.07) is 8.75. The first-order chi connectivity index (χ1) is 14.9. The maximum Gasteiger partial charge on any atom is 0.261 e. The van der Waals surface area contributed by atoms with Gasteiger partial charge in [0.05, 0.1) is 23.1 Å². The first-order valence-electron chi connectivity index (χ1n) is 10.8. The second-order valence-corrected chi connectivity index (χ2v) is 8.11. The molecule has 3 aromatic rings. The van der Waals surface area contributed by atoms with Crippen LogP contribution in [-0.4, -0.2) is 49.5 Å². The zero-order chi connectivity index (χ0) is 22.0. The number of fused-ring (bicyclic) bond motifs is 1. The number of benzene rings is 1. The zero-order valence-electron chi connectivity index (χ0n) is 18.3. The molecule has 1 amide bonds. The van der Waals surface area contributed by atoms with Gasteiger partial charge >= 0.3 is 0 Å². The van der Waals surface area contributed by atoms with E-state index in [-0.39, 0.29) is 24.1 Å². The van der Waals surface area contributed by atoms with Crippen molar-refractivity contribution in [3.63, 3.8) is 0 Å². The molecule has 1 aromatic carbocycles. The molecule has 31 heavy (non-hydrogen) atoms. The van der Waals surface area contributed by atoms with E-state index in [1.807, 2.05) is 36.9 Å². The Bertz CT molecular complexity index is 1170. The van der Waals surface area contributed by atoms with E-state index < -0.39 is 0 Å². The van der Waals surface area contributed by atoms with E-state index >= 15 is 0 Å². The van der Waals surface area contributed by atoms with Crippen molar-refractivity contribution in [2.75, 3.05) is 18.4 Å². The third kappa shape index (κ3) is 4.57. The first-order valence-corrected chi connectivity index (χ1v) is 10.8. The van der Waals surface area contributed by atoms with Crippen LogP contribution in [0.25, 0.3) is 10.9 Å². The molecular weight excluding hydrogens is 392 g/mol. The second kappa shape index (κ2) is 8.83. The van der Waals surface area contributed by atoms with E-state index in [2.05, 4.69) is 20.3 Å². The number of hydrogen-bond acceptors (Lipinski definition) is 6. The van der Waals surface area contributed by atoms with Crippen LogP contribution in [0.1, 0.15) is 43.5 Å². The number of amides is 1. The number of likely N-dealkylation sites (tertiary alicyclic amines) is 1. The summed E-state index contributed by atoms with van der Waals surface area (Å²) < 4.78 is 1.62. The van der Waals surface area contributed by atoms with Gasteiger partial charge in [0.25, 0.3) is 5.56 Å². The molecule has 0 aliphatic carbocycles. The lowest BCUT2D eigenvalue weighted by Crippen LogP contribution is -2.44. The number of anilines is 1.